The van der Waals surface area contributed by atoms with Crippen LogP contribution in [0.1, 0.15) is 174 Å². The molecule has 0 aromatic heterocycles. The van der Waals surface area contributed by atoms with E-state index in [4.69, 9.17) is 9.05 Å². The quantitative estimate of drug-likeness (QED) is 0.0284. The predicted molar refractivity (Wildman–Crippen MR) is 215 cm³/mol. The molecule has 9 heteroatoms. The van der Waals surface area contributed by atoms with E-state index in [2.05, 4.69) is 36.5 Å². The Morgan fingerprint density at radius 2 is 1.08 bits per heavy atom. The Bertz CT molecular complexity index is 933. The molecule has 0 saturated carbocycles. The lowest BCUT2D eigenvalue weighted by atomic mass is 10.0. The van der Waals surface area contributed by atoms with Crippen LogP contribution in [0.4, 0.5) is 0 Å². The largest absolute Gasteiger partial charge is 0.756 e. The maximum Gasteiger partial charge on any atom is 0.268 e. The summed E-state index contributed by atoms with van der Waals surface area (Å²) in [6.45, 7) is 4.05. The maximum atomic E-state index is 12.1. The molecule has 2 N–H and O–H groups in total. The summed E-state index contributed by atoms with van der Waals surface area (Å²) in [5.74, 6) is -0.301. The van der Waals surface area contributed by atoms with Crippen LogP contribution in [0, 0.1) is 0 Å². The molecule has 8 nitrogen and oxygen atoms in total. The van der Waals surface area contributed by atoms with Crippen LogP contribution in [0.5, 0.6) is 0 Å². The Labute approximate surface area is 315 Å². The first-order valence-electron chi connectivity index (χ1n) is 20.9. The SMILES string of the molecule is CCCCCCCCCCCCCCCCCCCCC/C=C/CC/C=C/CC/C=C/C(O)C(COP(=O)([O-])OCC[N+](C)(C)C)NC(=O)CC. The van der Waals surface area contributed by atoms with Crippen LogP contribution in [0.15, 0.2) is 36.5 Å². The Hall–Kier alpha value is -1.28. The highest BCUT2D eigenvalue weighted by atomic mass is 31.2. The van der Waals surface area contributed by atoms with Crippen molar-refractivity contribution in [1.82, 2.24) is 5.32 Å². The van der Waals surface area contributed by atoms with Crippen LogP contribution >= 0.6 is 7.82 Å². The van der Waals surface area contributed by atoms with Gasteiger partial charge in [-0.05, 0) is 38.5 Å². The van der Waals surface area contributed by atoms with Gasteiger partial charge in [0, 0.05) is 6.42 Å². The van der Waals surface area contributed by atoms with E-state index >= 15 is 0 Å². The number of aliphatic hydroxyl groups excluding tert-OH is 1. The van der Waals surface area contributed by atoms with Gasteiger partial charge in [0.25, 0.3) is 7.82 Å². The molecule has 0 aromatic carbocycles. The van der Waals surface area contributed by atoms with Crippen molar-refractivity contribution in [2.75, 3.05) is 40.9 Å². The average molecular weight is 741 g/mol. The molecule has 51 heavy (non-hydrogen) atoms. The molecule has 3 unspecified atom stereocenters. The topological polar surface area (TPSA) is 108 Å². The van der Waals surface area contributed by atoms with Crippen LogP contribution in [0.2, 0.25) is 0 Å². The number of hydrogen-bond donors (Lipinski definition) is 2. The number of allylic oxidation sites excluding steroid dienone is 5. The smallest absolute Gasteiger partial charge is 0.268 e. The van der Waals surface area contributed by atoms with Crippen LogP contribution in [-0.2, 0) is 18.4 Å². The van der Waals surface area contributed by atoms with Crippen molar-refractivity contribution in [2.24, 2.45) is 0 Å². The molecule has 0 radical (unpaired) electrons. The number of aliphatic hydroxyl groups is 1. The van der Waals surface area contributed by atoms with E-state index < -0.39 is 26.6 Å². The number of nitrogens with one attached hydrogen (secondary N) is 1. The van der Waals surface area contributed by atoms with Crippen molar-refractivity contribution >= 4 is 13.7 Å². The molecule has 0 heterocycles. The van der Waals surface area contributed by atoms with Crippen molar-refractivity contribution in [2.45, 2.75) is 187 Å². The van der Waals surface area contributed by atoms with Gasteiger partial charge in [0.15, 0.2) is 0 Å². The van der Waals surface area contributed by atoms with Gasteiger partial charge < -0.3 is 28.8 Å². The van der Waals surface area contributed by atoms with Gasteiger partial charge in [0.2, 0.25) is 5.91 Å². The van der Waals surface area contributed by atoms with Gasteiger partial charge in [-0.25, -0.2) is 0 Å². The number of quaternary nitrogens is 1. The standard InChI is InChI=1S/C42H81N2O6P/c1-6-8-9-10-11-12-13-14-15-16-17-18-19-20-21-22-23-24-25-26-27-28-29-30-31-32-33-34-35-36-41(45)40(43-42(46)7-2)39-50-51(47,48)49-38-37-44(3,4)5/h27-28,31-32,35-36,40-41,45H,6-26,29-30,33-34,37-39H2,1-5H3,(H-,43,46,47,48)/b28-27+,32-31+,36-35+. The average Bonchev–Trinajstić information content (AvgIpc) is 3.08. The van der Waals surface area contributed by atoms with Gasteiger partial charge in [-0.1, -0.05) is 166 Å². The third-order valence-corrected chi connectivity index (χ3v) is 10.1. The molecule has 0 saturated heterocycles. The third kappa shape index (κ3) is 36.9. The highest BCUT2D eigenvalue weighted by Crippen LogP contribution is 2.38. The second kappa shape index (κ2) is 34.5. The summed E-state index contributed by atoms with van der Waals surface area (Å²) >= 11 is 0. The monoisotopic (exact) mass is 741 g/mol. The van der Waals surface area contributed by atoms with Crippen LogP contribution in [0.25, 0.3) is 0 Å². The fourth-order valence-corrected chi connectivity index (χ4v) is 6.46. The van der Waals surface area contributed by atoms with Crippen LogP contribution in [-0.4, -0.2) is 68.5 Å². The van der Waals surface area contributed by atoms with E-state index in [0.717, 1.165) is 25.7 Å². The molecule has 0 aliphatic carbocycles. The number of carbonyl (C=O) groups excluding carboxylic acids is 1. The number of unbranched alkanes of at least 4 members (excludes halogenated alkanes) is 21. The number of phosphoric acid groups is 1. The van der Waals surface area contributed by atoms with Crippen molar-refractivity contribution < 1.29 is 32.9 Å². The lowest BCUT2D eigenvalue weighted by Gasteiger charge is -2.29. The summed E-state index contributed by atoms with van der Waals surface area (Å²) in [5, 5.41) is 13.2. The van der Waals surface area contributed by atoms with Crippen molar-refractivity contribution in [3.63, 3.8) is 0 Å². The second-order valence-corrected chi connectivity index (χ2v) is 16.7. The normalized spacial score (nSPS) is 14.9. The van der Waals surface area contributed by atoms with Crippen molar-refractivity contribution in [3.05, 3.63) is 36.5 Å². The van der Waals surface area contributed by atoms with Gasteiger partial charge in [0.1, 0.15) is 13.2 Å². The summed E-state index contributed by atoms with van der Waals surface area (Å²) in [7, 11) is 1.22. The Morgan fingerprint density at radius 3 is 1.51 bits per heavy atom. The first kappa shape index (κ1) is 49.7. The summed E-state index contributed by atoms with van der Waals surface area (Å²) < 4.78 is 22.6. The molecule has 300 valence electrons. The predicted octanol–water partition coefficient (Wildman–Crippen LogP) is 10.5. The minimum absolute atomic E-state index is 0.0117. The first-order chi connectivity index (χ1) is 24.5. The highest BCUT2D eigenvalue weighted by Gasteiger charge is 2.22. The molecule has 0 fully saturated rings. The number of phosphoric ester groups is 1. The molecular weight excluding hydrogens is 659 g/mol. The van der Waals surface area contributed by atoms with Gasteiger partial charge in [-0.3, -0.25) is 9.36 Å². The zero-order valence-electron chi connectivity index (χ0n) is 33.8. The molecular formula is C42H81N2O6P. The van der Waals surface area contributed by atoms with E-state index in [1.807, 2.05) is 27.2 Å². The maximum absolute atomic E-state index is 12.1. The zero-order valence-corrected chi connectivity index (χ0v) is 34.7. The molecule has 0 spiro atoms. The third-order valence-electron chi connectivity index (χ3n) is 9.14. The number of nitrogens with zero attached hydrogens (tertiary/aromatic N) is 1. The number of amides is 1. The van der Waals surface area contributed by atoms with Crippen LogP contribution < -0.4 is 10.2 Å². The van der Waals surface area contributed by atoms with Gasteiger partial charge in [-0.15, -0.1) is 0 Å². The van der Waals surface area contributed by atoms with Gasteiger partial charge in [-0.2, -0.15) is 0 Å². The summed E-state index contributed by atoms with van der Waals surface area (Å²) in [6.07, 6.45) is 43.1. The molecule has 0 aliphatic rings. The minimum atomic E-state index is -4.56. The van der Waals surface area contributed by atoms with E-state index in [-0.39, 0.29) is 18.9 Å². The molecule has 0 aromatic rings. The lowest BCUT2D eigenvalue weighted by molar-refractivity contribution is -0.870. The summed E-state index contributed by atoms with van der Waals surface area (Å²) in [4.78, 5) is 24.1. The Balaban J connectivity index is 3.82. The molecule has 0 aliphatic heterocycles. The molecule has 3 atom stereocenters. The molecule has 0 rings (SSSR count). The van der Waals surface area contributed by atoms with Gasteiger partial charge >= 0.3 is 0 Å². The second-order valence-electron chi connectivity index (χ2n) is 15.3. The van der Waals surface area contributed by atoms with E-state index in [9.17, 15) is 19.4 Å². The summed E-state index contributed by atoms with van der Waals surface area (Å²) in [6, 6.07) is -0.904. The number of likely N-dealkylation sites (N-methyl/N-ethyl adjacent to an activating group) is 1. The molecule has 1 amide bonds. The fraction of sp³-hybridized carbons (Fsp3) is 0.833. The van der Waals surface area contributed by atoms with E-state index in [1.54, 1.807) is 13.0 Å². The minimum Gasteiger partial charge on any atom is -0.756 e. The van der Waals surface area contributed by atoms with Gasteiger partial charge in [0.05, 0.1) is 39.9 Å². The number of hydrogen-bond acceptors (Lipinski definition) is 6. The zero-order chi connectivity index (χ0) is 37.9. The Kier molecular flexibility index (Phi) is 33.6. The number of carbonyl (C=O) groups is 1. The van der Waals surface area contributed by atoms with Crippen molar-refractivity contribution in [3.8, 4) is 0 Å². The first-order valence-corrected chi connectivity index (χ1v) is 22.3. The lowest BCUT2D eigenvalue weighted by Crippen LogP contribution is -2.45. The number of rotatable bonds is 37. The van der Waals surface area contributed by atoms with E-state index in [0.29, 0.717) is 11.0 Å². The van der Waals surface area contributed by atoms with Crippen molar-refractivity contribution in [1.29, 1.82) is 0 Å². The molecule has 0 bridgehead atoms. The van der Waals surface area contributed by atoms with E-state index in [1.165, 1.54) is 128 Å². The highest BCUT2D eigenvalue weighted by molar-refractivity contribution is 7.45. The summed E-state index contributed by atoms with van der Waals surface area (Å²) in [5.41, 5.74) is 0. The Morgan fingerprint density at radius 1 is 0.667 bits per heavy atom. The van der Waals surface area contributed by atoms with Crippen LogP contribution in [0.3, 0.4) is 0 Å². The fourth-order valence-electron chi connectivity index (χ4n) is 5.74.